The second-order valence-corrected chi connectivity index (χ2v) is 8.36. The van der Waals surface area contributed by atoms with Crippen molar-refractivity contribution >= 4 is 46.4 Å². The van der Waals surface area contributed by atoms with Crippen LogP contribution in [0.25, 0.3) is 0 Å². The van der Waals surface area contributed by atoms with Crippen LogP contribution in [0.15, 0.2) is 77.5 Å². The Balaban J connectivity index is 1.52. The highest BCUT2D eigenvalue weighted by Gasteiger charge is 2.40. The lowest BCUT2D eigenvalue weighted by Crippen LogP contribution is -2.32. The minimum Gasteiger partial charge on any atom is -0.495 e. The van der Waals surface area contributed by atoms with Crippen LogP contribution in [-0.4, -0.2) is 24.8 Å². The molecule has 3 aromatic carbocycles. The van der Waals surface area contributed by atoms with Crippen molar-refractivity contribution in [3.05, 3.63) is 94.1 Å². The smallest absolute Gasteiger partial charge is 0.283 e. The van der Waals surface area contributed by atoms with Crippen molar-refractivity contribution in [2.24, 2.45) is 0 Å². The summed E-state index contributed by atoms with van der Waals surface area (Å²) in [6, 6.07) is 19.4. The molecule has 0 saturated carbocycles. The highest BCUT2D eigenvalue weighted by molar-refractivity contribution is 6.53. The number of nitrogens with zero attached hydrogens (tertiary/aromatic N) is 1. The first-order valence-electron chi connectivity index (χ1n) is 11.0. The molecule has 2 N–H and O–H groups in total. The summed E-state index contributed by atoms with van der Waals surface area (Å²) >= 11 is 6.25. The predicted molar refractivity (Wildman–Crippen MR) is 137 cm³/mol. The van der Waals surface area contributed by atoms with Gasteiger partial charge in [-0.2, -0.15) is 0 Å². The van der Waals surface area contributed by atoms with Crippen LogP contribution in [0.4, 0.5) is 17.1 Å². The number of nitrogens with one attached hydrogen (secondary N) is 2. The molecule has 1 heterocycles. The quantitative estimate of drug-likeness (QED) is 0.442. The number of halogens is 1. The van der Waals surface area contributed by atoms with Crippen LogP contribution in [0.2, 0.25) is 0 Å². The van der Waals surface area contributed by atoms with Gasteiger partial charge < -0.3 is 15.4 Å². The van der Waals surface area contributed by atoms with E-state index in [1.54, 1.807) is 36.4 Å². The second-order valence-electron chi connectivity index (χ2n) is 7.98. The van der Waals surface area contributed by atoms with Gasteiger partial charge in [0.15, 0.2) is 0 Å². The van der Waals surface area contributed by atoms with Gasteiger partial charge in [0.25, 0.3) is 17.7 Å². The number of methoxy groups -OCH3 is 1. The molecule has 0 spiro atoms. The minimum absolute atomic E-state index is 0.0469. The number of hydrogen-bond acceptors (Lipinski definition) is 5. The van der Waals surface area contributed by atoms with Gasteiger partial charge in [-0.05, 0) is 66.9 Å². The number of para-hydroxylation sites is 1. The molecule has 7 nitrogen and oxygen atoms in total. The van der Waals surface area contributed by atoms with Gasteiger partial charge in [0.1, 0.15) is 16.5 Å². The number of rotatable bonds is 7. The number of hydrogen-bond donors (Lipinski definition) is 2. The van der Waals surface area contributed by atoms with Crippen LogP contribution in [0.3, 0.4) is 0 Å². The molecule has 35 heavy (non-hydrogen) atoms. The van der Waals surface area contributed by atoms with E-state index in [2.05, 4.69) is 10.6 Å². The number of ether oxygens (including phenoxy) is 1. The summed E-state index contributed by atoms with van der Waals surface area (Å²) in [7, 11) is 1.46. The van der Waals surface area contributed by atoms with Gasteiger partial charge in [0.05, 0.1) is 12.8 Å². The first-order valence-corrected chi connectivity index (χ1v) is 11.4. The molecule has 0 aliphatic carbocycles. The molecule has 0 aromatic heterocycles. The third-order valence-electron chi connectivity index (χ3n) is 5.67. The lowest BCUT2D eigenvalue weighted by atomic mass is 10.1. The van der Waals surface area contributed by atoms with E-state index in [0.717, 1.165) is 28.1 Å². The van der Waals surface area contributed by atoms with Crippen molar-refractivity contribution in [1.82, 2.24) is 0 Å². The highest BCUT2D eigenvalue weighted by Crippen LogP contribution is 2.36. The molecular formula is C27H24ClN3O4. The molecule has 3 amide bonds. The molecule has 178 valence electrons. The highest BCUT2D eigenvalue weighted by atomic mass is 35.5. The maximum Gasteiger partial charge on any atom is 0.283 e. The zero-order valence-electron chi connectivity index (χ0n) is 19.5. The molecule has 4 rings (SSSR count). The molecule has 0 unspecified atom stereocenters. The van der Waals surface area contributed by atoms with Gasteiger partial charge in [0.2, 0.25) is 0 Å². The van der Waals surface area contributed by atoms with Crippen LogP contribution in [0, 0.1) is 6.92 Å². The van der Waals surface area contributed by atoms with Crippen molar-refractivity contribution in [1.29, 1.82) is 0 Å². The van der Waals surface area contributed by atoms with E-state index in [1.807, 2.05) is 44.2 Å². The van der Waals surface area contributed by atoms with Crippen molar-refractivity contribution < 1.29 is 19.1 Å². The topological polar surface area (TPSA) is 87.7 Å². The van der Waals surface area contributed by atoms with E-state index < -0.39 is 11.8 Å². The van der Waals surface area contributed by atoms with Gasteiger partial charge >= 0.3 is 0 Å². The van der Waals surface area contributed by atoms with Crippen molar-refractivity contribution in [2.75, 3.05) is 22.6 Å². The zero-order valence-corrected chi connectivity index (χ0v) is 20.3. The third kappa shape index (κ3) is 4.76. The van der Waals surface area contributed by atoms with E-state index >= 15 is 0 Å². The summed E-state index contributed by atoms with van der Waals surface area (Å²) in [5.74, 6) is -1.11. The van der Waals surface area contributed by atoms with E-state index in [-0.39, 0.29) is 16.6 Å². The fourth-order valence-electron chi connectivity index (χ4n) is 3.80. The number of benzene rings is 3. The van der Waals surface area contributed by atoms with Crippen LogP contribution < -0.4 is 20.3 Å². The summed E-state index contributed by atoms with van der Waals surface area (Å²) in [5.41, 5.74) is 3.88. The molecule has 0 radical (unpaired) electrons. The van der Waals surface area contributed by atoms with E-state index in [9.17, 15) is 14.4 Å². The average Bonchev–Trinajstić information content (AvgIpc) is 3.07. The van der Waals surface area contributed by atoms with Gasteiger partial charge in [-0.15, -0.1) is 0 Å². The third-order valence-corrected chi connectivity index (χ3v) is 6.02. The number of carbonyl (C=O) groups excluding carboxylic acids is 3. The molecule has 0 atom stereocenters. The summed E-state index contributed by atoms with van der Waals surface area (Å²) in [6.07, 6.45) is 0.799. The number of anilines is 3. The maximum absolute atomic E-state index is 13.1. The normalized spacial score (nSPS) is 13.3. The fourth-order valence-corrected chi connectivity index (χ4v) is 4.01. The lowest BCUT2D eigenvalue weighted by Gasteiger charge is -2.18. The average molecular weight is 490 g/mol. The van der Waals surface area contributed by atoms with Gasteiger partial charge in [-0.25, -0.2) is 4.90 Å². The zero-order chi connectivity index (χ0) is 25.1. The maximum atomic E-state index is 13.1. The number of aryl methyl sites for hydroxylation is 2. The van der Waals surface area contributed by atoms with Gasteiger partial charge in [0, 0.05) is 16.9 Å². The molecular weight excluding hydrogens is 466 g/mol. The van der Waals surface area contributed by atoms with Crippen LogP contribution in [0.1, 0.15) is 28.4 Å². The van der Waals surface area contributed by atoms with E-state index in [4.69, 9.17) is 16.3 Å². The van der Waals surface area contributed by atoms with E-state index in [1.165, 1.54) is 7.11 Å². The Morgan fingerprint density at radius 2 is 1.71 bits per heavy atom. The molecule has 0 bridgehead atoms. The molecule has 0 fully saturated rings. The summed E-state index contributed by atoms with van der Waals surface area (Å²) < 4.78 is 5.32. The number of amides is 3. The van der Waals surface area contributed by atoms with Crippen molar-refractivity contribution in [2.45, 2.75) is 20.3 Å². The summed E-state index contributed by atoms with van der Waals surface area (Å²) in [4.78, 5) is 39.6. The Morgan fingerprint density at radius 3 is 2.40 bits per heavy atom. The van der Waals surface area contributed by atoms with Crippen LogP contribution in [-0.2, 0) is 16.0 Å². The van der Waals surface area contributed by atoms with Crippen molar-refractivity contribution in [3.63, 3.8) is 0 Å². The standard InChI is InChI=1S/C27H24ClN3O4/c1-4-17-7-5-6-8-20(17)30-25(32)18-10-12-19(13-11-18)29-24-23(28)26(33)31(27(24)34)21-15-16(2)9-14-22(21)35-3/h5-15,29H,4H2,1-3H3,(H,30,32). The lowest BCUT2D eigenvalue weighted by molar-refractivity contribution is -0.120. The second kappa shape index (κ2) is 10.0. The first-order chi connectivity index (χ1) is 16.8. The Hall–Kier alpha value is -4.10. The Bertz CT molecular complexity index is 1350. The molecule has 3 aromatic rings. The Morgan fingerprint density at radius 1 is 1.00 bits per heavy atom. The summed E-state index contributed by atoms with van der Waals surface area (Å²) in [5, 5.41) is 5.62. The molecule has 8 heteroatoms. The van der Waals surface area contributed by atoms with Gasteiger partial charge in [-0.3, -0.25) is 14.4 Å². The summed E-state index contributed by atoms with van der Waals surface area (Å²) in [6.45, 7) is 3.87. The monoisotopic (exact) mass is 489 g/mol. The molecule has 0 saturated heterocycles. The molecule has 1 aliphatic heterocycles. The van der Waals surface area contributed by atoms with E-state index in [0.29, 0.717) is 22.7 Å². The largest absolute Gasteiger partial charge is 0.495 e. The van der Waals surface area contributed by atoms with Gasteiger partial charge in [-0.1, -0.05) is 42.8 Å². The van der Waals surface area contributed by atoms with Crippen LogP contribution in [0.5, 0.6) is 5.75 Å². The number of carbonyl (C=O) groups is 3. The Kier molecular flexibility index (Phi) is 6.89. The van der Waals surface area contributed by atoms with Crippen LogP contribution >= 0.6 is 11.6 Å². The van der Waals surface area contributed by atoms with Crippen molar-refractivity contribution in [3.8, 4) is 5.75 Å². The number of imide groups is 1. The fraction of sp³-hybridized carbons (Fsp3) is 0.148. The minimum atomic E-state index is -0.645. The first kappa shape index (κ1) is 24.0. The Labute approximate surface area is 208 Å². The molecule has 1 aliphatic rings. The predicted octanol–water partition coefficient (Wildman–Crippen LogP) is 5.25. The SMILES string of the molecule is CCc1ccccc1NC(=O)c1ccc(NC2=C(Cl)C(=O)N(c3cc(C)ccc3OC)C2=O)cc1.